The topological polar surface area (TPSA) is 137 Å². The average molecular weight is 332 g/mol. The van der Waals surface area contributed by atoms with E-state index < -0.39 is 11.4 Å². The van der Waals surface area contributed by atoms with Gasteiger partial charge < -0.3 is 16.2 Å². The van der Waals surface area contributed by atoms with E-state index in [1.165, 1.54) is 24.3 Å². The molecule has 1 aromatic carbocycles. The number of isocyanates is 2. The molecule has 0 spiro atoms. The highest BCUT2D eigenvalue weighted by Crippen LogP contribution is 2.35. The Morgan fingerprint density at radius 1 is 1.21 bits per heavy atom. The fourth-order valence-electron chi connectivity index (χ4n) is 2.06. The van der Waals surface area contributed by atoms with E-state index in [0.717, 1.165) is 0 Å². The molecule has 0 bridgehead atoms. The van der Waals surface area contributed by atoms with E-state index in [1.807, 2.05) is 0 Å². The lowest BCUT2D eigenvalue weighted by molar-refractivity contribution is -0.149. The van der Waals surface area contributed by atoms with E-state index in [4.69, 9.17) is 16.2 Å². The monoisotopic (exact) mass is 332 g/mol. The van der Waals surface area contributed by atoms with Crippen LogP contribution in [-0.2, 0) is 24.5 Å². The number of ether oxygens (including phenoxy) is 1. The van der Waals surface area contributed by atoms with E-state index in [2.05, 4.69) is 9.98 Å². The lowest BCUT2D eigenvalue weighted by atomic mass is 9.81. The summed E-state index contributed by atoms with van der Waals surface area (Å²) in [7, 11) is 0. The summed E-state index contributed by atoms with van der Waals surface area (Å²) in [6.07, 6.45) is 3.40. The van der Waals surface area contributed by atoms with Crippen LogP contribution in [0.4, 0.5) is 11.4 Å². The number of rotatable bonds is 8. The van der Waals surface area contributed by atoms with Gasteiger partial charge in [0.15, 0.2) is 0 Å². The van der Waals surface area contributed by atoms with Crippen LogP contribution in [0.1, 0.15) is 24.5 Å². The number of benzene rings is 1. The van der Waals surface area contributed by atoms with Gasteiger partial charge in [0.2, 0.25) is 12.2 Å². The minimum Gasteiger partial charge on any atom is -0.465 e. The zero-order chi connectivity index (χ0) is 18.2. The minimum atomic E-state index is -1.19. The van der Waals surface area contributed by atoms with Crippen molar-refractivity contribution in [3.05, 3.63) is 23.3 Å². The Bertz CT molecular complexity index is 667. The first-order valence-electron chi connectivity index (χ1n) is 7.32. The third kappa shape index (κ3) is 4.22. The van der Waals surface area contributed by atoms with Gasteiger partial charge in [-0.25, -0.2) is 9.59 Å². The van der Waals surface area contributed by atoms with Crippen LogP contribution in [0.15, 0.2) is 22.1 Å². The Morgan fingerprint density at radius 2 is 1.75 bits per heavy atom. The Kier molecular flexibility index (Phi) is 7.17. The molecule has 0 amide bonds. The second-order valence-corrected chi connectivity index (χ2v) is 5.36. The van der Waals surface area contributed by atoms with Crippen LogP contribution in [0.5, 0.6) is 0 Å². The molecule has 8 heteroatoms. The lowest BCUT2D eigenvalue weighted by Gasteiger charge is -2.27. The number of nitrogens with two attached hydrogens (primary N) is 2. The van der Waals surface area contributed by atoms with Gasteiger partial charge in [0.05, 0.1) is 18.0 Å². The molecule has 1 aromatic rings. The largest absolute Gasteiger partial charge is 0.465 e. The van der Waals surface area contributed by atoms with E-state index in [-0.39, 0.29) is 24.5 Å². The van der Waals surface area contributed by atoms with Crippen LogP contribution < -0.4 is 11.5 Å². The maximum Gasteiger partial charge on any atom is 0.317 e. The highest BCUT2D eigenvalue weighted by atomic mass is 16.5. The van der Waals surface area contributed by atoms with Crippen molar-refractivity contribution in [3.63, 3.8) is 0 Å². The molecule has 8 nitrogen and oxygen atoms in total. The van der Waals surface area contributed by atoms with Crippen LogP contribution in [-0.4, -0.2) is 37.8 Å². The Morgan fingerprint density at radius 3 is 2.17 bits per heavy atom. The molecular formula is C16H20N4O4. The minimum absolute atomic E-state index is 0.0496. The second kappa shape index (κ2) is 8.86. The predicted molar refractivity (Wildman–Crippen MR) is 87.8 cm³/mol. The number of aliphatic imine (C=N–C) groups is 2. The summed E-state index contributed by atoms with van der Waals surface area (Å²) in [6.45, 7) is 3.76. The maximum absolute atomic E-state index is 12.4. The van der Waals surface area contributed by atoms with Gasteiger partial charge in [-0.1, -0.05) is 0 Å². The smallest absolute Gasteiger partial charge is 0.317 e. The Hall–Kier alpha value is -2.63. The molecule has 0 saturated carbocycles. The molecule has 24 heavy (non-hydrogen) atoms. The van der Waals surface area contributed by atoms with Crippen molar-refractivity contribution in [1.82, 2.24) is 0 Å². The third-order valence-corrected chi connectivity index (χ3v) is 3.76. The number of nitrogens with zero attached hydrogens (tertiary/aromatic N) is 2. The second-order valence-electron chi connectivity index (χ2n) is 5.36. The summed E-state index contributed by atoms with van der Waals surface area (Å²) in [4.78, 5) is 40.8. The SMILES string of the molecule is Cc1c(N=C=O)cc(C(C)(CN)C(=O)OCCCN)cc1N=C=O. The molecule has 0 aliphatic rings. The highest BCUT2D eigenvalue weighted by Gasteiger charge is 2.36. The molecule has 4 N–H and O–H groups in total. The first-order valence-corrected chi connectivity index (χ1v) is 7.32. The van der Waals surface area contributed by atoms with Crippen LogP contribution in [0.2, 0.25) is 0 Å². The van der Waals surface area contributed by atoms with Gasteiger partial charge in [0.25, 0.3) is 0 Å². The maximum atomic E-state index is 12.4. The van der Waals surface area contributed by atoms with Crippen molar-refractivity contribution in [2.24, 2.45) is 21.5 Å². The van der Waals surface area contributed by atoms with Crippen LogP contribution >= 0.6 is 0 Å². The number of hydrogen-bond donors (Lipinski definition) is 2. The van der Waals surface area contributed by atoms with Gasteiger partial charge in [0, 0.05) is 12.1 Å². The third-order valence-electron chi connectivity index (χ3n) is 3.76. The summed E-state index contributed by atoms with van der Waals surface area (Å²) in [5, 5.41) is 0. The Balaban J connectivity index is 3.41. The van der Waals surface area contributed by atoms with Crippen LogP contribution in [0.25, 0.3) is 0 Å². The number of carbonyl (C=O) groups excluding carboxylic acids is 3. The van der Waals surface area contributed by atoms with E-state index in [9.17, 15) is 14.4 Å². The molecule has 0 fully saturated rings. The average Bonchev–Trinajstić information content (AvgIpc) is 2.58. The van der Waals surface area contributed by atoms with Crippen molar-refractivity contribution in [2.45, 2.75) is 25.7 Å². The fraction of sp³-hybridized carbons (Fsp3) is 0.438. The van der Waals surface area contributed by atoms with Gasteiger partial charge >= 0.3 is 5.97 Å². The molecule has 0 heterocycles. The first-order chi connectivity index (χ1) is 11.4. The van der Waals surface area contributed by atoms with Crippen LogP contribution in [0, 0.1) is 6.92 Å². The molecule has 128 valence electrons. The van der Waals surface area contributed by atoms with Crippen molar-refractivity contribution in [2.75, 3.05) is 19.7 Å². The molecule has 1 unspecified atom stereocenters. The molecule has 0 aliphatic heterocycles. The standard InChI is InChI=1S/C16H20N4O4/c1-11-13(19-9-21)6-12(7-14(11)20-10-22)16(2,8-18)15(23)24-5-3-4-17/h6-7H,3-5,8,17-18H2,1-2H3. The van der Waals surface area contributed by atoms with Crippen molar-refractivity contribution >= 4 is 29.5 Å². The summed E-state index contributed by atoms with van der Waals surface area (Å²) in [6, 6.07) is 3.06. The first kappa shape index (κ1) is 19.4. The molecule has 0 saturated heterocycles. The fourth-order valence-corrected chi connectivity index (χ4v) is 2.06. The van der Waals surface area contributed by atoms with Crippen molar-refractivity contribution < 1.29 is 19.1 Å². The normalized spacial score (nSPS) is 12.5. The number of hydrogen-bond acceptors (Lipinski definition) is 8. The van der Waals surface area contributed by atoms with E-state index in [0.29, 0.717) is 24.1 Å². The quantitative estimate of drug-likeness (QED) is 0.316. The Labute approximate surface area is 139 Å². The van der Waals surface area contributed by atoms with Crippen LogP contribution in [0.3, 0.4) is 0 Å². The van der Waals surface area contributed by atoms with E-state index in [1.54, 1.807) is 13.8 Å². The molecule has 1 rings (SSSR count). The zero-order valence-electron chi connectivity index (χ0n) is 13.7. The summed E-state index contributed by atoms with van der Waals surface area (Å²) < 4.78 is 5.21. The number of carbonyl (C=O) groups is 1. The molecule has 0 radical (unpaired) electrons. The lowest BCUT2D eigenvalue weighted by Crippen LogP contribution is -2.41. The van der Waals surface area contributed by atoms with E-state index >= 15 is 0 Å². The summed E-state index contributed by atoms with van der Waals surface area (Å²) in [5.74, 6) is -0.538. The molecule has 1 atom stereocenters. The van der Waals surface area contributed by atoms with Crippen molar-refractivity contribution in [1.29, 1.82) is 0 Å². The van der Waals surface area contributed by atoms with Gasteiger partial charge in [-0.3, -0.25) is 4.79 Å². The summed E-state index contributed by atoms with van der Waals surface area (Å²) in [5.41, 5.74) is 11.4. The van der Waals surface area contributed by atoms with Gasteiger partial charge in [0.1, 0.15) is 5.41 Å². The molecule has 0 aliphatic carbocycles. The number of esters is 1. The molecular weight excluding hydrogens is 312 g/mol. The van der Waals surface area contributed by atoms with Gasteiger partial charge in [-0.15, -0.1) is 0 Å². The van der Waals surface area contributed by atoms with Crippen molar-refractivity contribution in [3.8, 4) is 0 Å². The summed E-state index contributed by atoms with van der Waals surface area (Å²) >= 11 is 0. The van der Waals surface area contributed by atoms with Gasteiger partial charge in [-0.2, -0.15) is 9.98 Å². The highest BCUT2D eigenvalue weighted by molar-refractivity contribution is 5.84. The predicted octanol–water partition coefficient (Wildman–Crippen LogP) is 1.04. The van der Waals surface area contributed by atoms with Gasteiger partial charge in [-0.05, 0) is 44.5 Å². The zero-order valence-corrected chi connectivity index (χ0v) is 13.7. The molecule has 0 aromatic heterocycles.